The molecule has 2 aromatic heterocycles. The highest BCUT2D eigenvalue weighted by Gasteiger charge is 2.69. The van der Waals surface area contributed by atoms with E-state index in [-0.39, 0.29) is 5.41 Å². The molecule has 1 aliphatic heterocycles. The van der Waals surface area contributed by atoms with Gasteiger partial charge in [-0.25, -0.2) is 0 Å². The van der Waals surface area contributed by atoms with Crippen molar-refractivity contribution in [3.63, 3.8) is 0 Å². The fourth-order valence-electron chi connectivity index (χ4n) is 6.08. The van der Waals surface area contributed by atoms with E-state index in [1.807, 2.05) is 38.2 Å². The maximum Gasteiger partial charge on any atom is 0.191 e. The van der Waals surface area contributed by atoms with Crippen molar-refractivity contribution in [3.05, 3.63) is 69.8 Å². The van der Waals surface area contributed by atoms with Crippen LogP contribution in [0.5, 0.6) is 0 Å². The van der Waals surface area contributed by atoms with E-state index in [1.54, 1.807) is 11.8 Å². The quantitative estimate of drug-likeness (QED) is 0.192. The zero-order valence-electron chi connectivity index (χ0n) is 20.8. The van der Waals surface area contributed by atoms with E-state index in [4.69, 9.17) is 23.2 Å². The Bertz CT molecular complexity index is 1470. The molecular weight excluding hydrogens is 509 g/mol. The molecule has 0 N–H and O–H groups in total. The molecule has 186 valence electrons. The van der Waals surface area contributed by atoms with Crippen LogP contribution in [0.15, 0.2) is 53.7 Å². The van der Waals surface area contributed by atoms with E-state index < -0.39 is 0 Å². The Morgan fingerprint density at radius 2 is 1.89 bits per heavy atom. The number of halogens is 2. The normalized spacial score (nSPS) is 23.4. The Labute approximate surface area is 226 Å². The molecule has 0 spiro atoms. The van der Waals surface area contributed by atoms with Crippen molar-refractivity contribution in [2.24, 2.45) is 12.5 Å². The monoisotopic (exact) mass is 537 g/mol. The maximum absolute atomic E-state index is 6.34. The highest BCUT2D eigenvalue weighted by atomic mass is 35.5. The molecule has 2 aliphatic rings. The minimum atomic E-state index is 0.221. The number of pyridine rings is 1. The zero-order chi connectivity index (χ0) is 25.1. The molecule has 5 nitrogen and oxygen atoms in total. The largest absolute Gasteiger partial charge is 0.305 e. The SMILES string of the molecule is Cc1ccc2c(-c3nnc(SCCCN4C[C@@]5(C)C[C@@]5(c5ccc(Cl)c(Cl)c5)C4)n3C)cccc2n1. The van der Waals surface area contributed by atoms with Crippen LogP contribution in [-0.2, 0) is 12.5 Å². The molecule has 1 aliphatic carbocycles. The summed E-state index contributed by atoms with van der Waals surface area (Å²) in [6.07, 6.45) is 2.34. The van der Waals surface area contributed by atoms with Gasteiger partial charge in [0, 0.05) is 47.9 Å². The van der Waals surface area contributed by atoms with Gasteiger partial charge >= 0.3 is 0 Å². The lowest BCUT2D eigenvalue weighted by molar-refractivity contribution is 0.284. The summed E-state index contributed by atoms with van der Waals surface area (Å²) in [7, 11) is 2.05. The number of rotatable bonds is 7. The second kappa shape index (κ2) is 9.02. The Kier molecular flexibility index (Phi) is 6.07. The van der Waals surface area contributed by atoms with Gasteiger partial charge in [0.1, 0.15) is 0 Å². The number of thioether (sulfide) groups is 1. The van der Waals surface area contributed by atoms with E-state index in [9.17, 15) is 0 Å². The minimum absolute atomic E-state index is 0.221. The molecule has 2 fully saturated rings. The Hall–Kier alpha value is -2.12. The van der Waals surface area contributed by atoms with E-state index in [0.717, 1.165) is 64.9 Å². The lowest BCUT2D eigenvalue weighted by atomic mass is 9.90. The first-order valence-electron chi connectivity index (χ1n) is 12.4. The van der Waals surface area contributed by atoms with Gasteiger partial charge in [0.2, 0.25) is 0 Å². The molecule has 0 bridgehead atoms. The van der Waals surface area contributed by atoms with Crippen LogP contribution in [0.25, 0.3) is 22.3 Å². The van der Waals surface area contributed by atoms with Crippen molar-refractivity contribution >= 4 is 45.9 Å². The topological polar surface area (TPSA) is 46.8 Å². The highest BCUT2D eigenvalue weighted by Crippen LogP contribution is 2.68. The van der Waals surface area contributed by atoms with Crippen LogP contribution in [0.4, 0.5) is 0 Å². The van der Waals surface area contributed by atoms with Crippen LogP contribution in [-0.4, -0.2) is 50.0 Å². The summed E-state index contributed by atoms with van der Waals surface area (Å²) in [5.41, 5.74) is 4.96. The van der Waals surface area contributed by atoms with Crippen molar-refractivity contribution in [1.29, 1.82) is 0 Å². The van der Waals surface area contributed by atoms with Gasteiger partial charge in [-0.05, 0) is 61.6 Å². The molecule has 3 heterocycles. The average molecular weight is 539 g/mol. The third-order valence-corrected chi connectivity index (χ3v) is 9.90. The predicted octanol–water partition coefficient (Wildman–Crippen LogP) is 6.79. The lowest BCUT2D eigenvalue weighted by Gasteiger charge is -2.21. The number of aromatic nitrogens is 4. The third-order valence-electron chi connectivity index (χ3n) is 8.06. The summed E-state index contributed by atoms with van der Waals surface area (Å²) < 4.78 is 2.10. The molecule has 0 amide bonds. The van der Waals surface area contributed by atoms with Crippen molar-refractivity contribution in [2.45, 2.75) is 37.3 Å². The zero-order valence-corrected chi connectivity index (χ0v) is 23.1. The number of nitrogens with zero attached hydrogens (tertiary/aromatic N) is 5. The van der Waals surface area contributed by atoms with Crippen LogP contribution in [0.2, 0.25) is 10.0 Å². The first-order chi connectivity index (χ1) is 17.3. The number of hydrogen-bond acceptors (Lipinski definition) is 5. The maximum atomic E-state index is 6.34. The molecule has 36 heavy (non-hydrogen) atoms. The number of benzene rings is 2. The van der Waals surface area contributed by atoms with Gasteiger partial charge in [-0.3, -0.25) is 4.98 Å². The van der Waals surface area contributed by atoms with E-state index in [0.29, 0.717) is 15.5 Å². The van der Waals surface area contributed by atoms with Crippen molar-refractivity contribution in [3.8, 4) is 11.4 Å². The summed E-state index contributed by atoms with van der Waals surface area (Å²) in [5, 5.41) is 12.4. The first kappa shape index (κ1) is 24.2. The van der Waals surface area contributed by atoms with Gasteiger partial charge < -0.3 is 9.47 Å². The summed E-state index contributed by atoms with van der Waals surface area (Å²) >= 11 is 14.3. The molecule has 6 rings (SSSR count). The van der Waals surface area contributed by atoms with E-state index >= 15 is 0 Å². The average Bonchev–Trinajstić information content (AvgIpc) is 3.11. The molecule has 1 saturated carbocycles. The number of hydrogen-bond donors (Lipinski definition) is 0. The molecule has 1 saturated heterocycles. The number of likely N-dealkylation sites (tertiary alicyclic amines) is 1. The Morgan fingerprint density at radius 3 is 2.72 bits per heavy atom. The second-order valence-corrected chi connectivity index (χ2v) is 12.4. The molecule has 2 atom stereocenters. The molecule has 4 aromatic rings. The highest BCUT2D eigenvalue weighted by molar-refractivity contribution is 7.99. The van der Waals surface area contributed by atoms with Crippen molar-refractivity contribution < 1.29 is 0 Å². The molecule has 2 aromatic carbocycles. The van der Waals surface area contributed by atoms with Crippen LogP contribution < -0.4 is 0 Å². The number of piperidine rings is 1. The standard InChI is InChI=1S/C28H29Cl2N5S/c1-18-8-10-20-21(6-4-7-24(20)31-18)25-32-33-26(34(25)3)36-13-5-12-35-16-27(2)15-28(27,17-35)19-9-11-22(29)23(30)14-19/h4,6-11,14H,5,12-13,15-17H2,1-3H3/t27-,28+/m1/s1. The molecular formula is C28H29Cl2N5S. The van der Waals surface area contributed by atoms with Crippen LogP contribution in [0, 0.1) is 12.3 Å². The van der Waals surface area contributed by atoms with Crippen LogP contribution >= 0.6 is 35.0 Å². The van der Waals surface area contributed by atoms with E-state index in [2.05, 4.69) is 55.8 Å². The van der Waals surface area contributed by atoms with Gasteiger partial charge in [0.05, 0.1) is 15.6 Å². The summed E-state index contributed by atoms with van der Waals surface area (Å²) in [6, 6.07) is 16.5. The predicted molar refractivity (Wildman–Crippen MR) is 149 cm³/mol. The molecule has 0 radical (unpaired) electrons. The third kappa shape index (κ3) is 4.03. The Morgan fingerprint density at radius 1 is 1.03 bits per heavy atom. The van der Waals surface area contributed by atoms with Gasteiger partial charge in [-0.2, -0.15) is 0 Å². The minimum Gasteiger partial charge on any atom is -0.305 e. The smallest absolute Gasteiger partial charge is 0.191 e. The molecule has 8 heteroatoms. The van der Waals surface area contributed by atoms with Crippen molar-refractivity contribution in [1.82, 2.24) is 24.6 Å². The molecule has 0 unspecified atom stereocenters. The van der Waals surface area contributed by atoms with Crippen LogP contribution in [0.1, 0.15) is 31.0 Å². The second-order valence-electron chi connectivity index (χ2n) is 10.6. The Balaban J connectivity index is 1.08. The van der Waals surface area contributed by atoms with E-state index in [1.165, 1.54) is 12.0 Å². The summed E-state index contributed by atoms with van der Waals surface area (Å²) in [6.45, 7) is 7.75. The van der Waals surface area contributed by atoms with Crippen LogP contribution in [0.3, 0.4) is 0 Å². The summed E-state index contributed by atoms with van der Waals surface area (Å²) in [4.78, 5) is 7.27. The van der Waals surface area contributed by atoms with Gasteiger partial charge in [0.15, 0.2) is 11.0 Å². The van der Waals surface area contributed by atoms with Crippen molar-refractivity contribution in [2.75, 3.05) is 25.4 Å². The first-order valence-corrected chi connectivity index (χ1v) is 14.1. The van der Waals surface area contributed by atoms with Gasteiger partial charge in [-0.15, -0.1) is 10.2 Å². The fraction of sp³-hybridized carbons (Fsp3) is 0.393. The number of aryl methyl sites for hydroxylation is 1. The summed E-state index contributed by atoms with van der Waals surface area (Å²) in [5.74, 6) is 1.89. The van der Waals surface area contributed by atoms with Gasteiger partial charge in [0.25, 0.3) is 0 Å². The van der Waals surface area contributed by atoms with Gasteiger partial charge in [-0.1, -0.05) is 66.2 Å². The fourth-order valence-corrected chi connectivity index (χ4v) is 7.21. The lowest BCUT2D eigenvalue weighted by Crippen LogP contribution is -2.28. The number of fused-ring (bicyclic) bond motifs is 2.